The van der Waals surface area contributed by atoms with E-state index < -0.39 is 18.2 Å². The summed E-state index contributed by atoms with van der Waals surface area (Å²) in [5, 5.41) is 26.7. The highest BCUT2D eigenvalue weighted by Gasteiger charge is 2.23. The van der Waals surface area contributed by atoms with Gasteiger partial charge in [0.05, 0.1) is 12.7 Å². The van der Waals surface area contributed by atoms with E-state index in [4.69, 9.17) is 27.5 Å². The summed E-state index contributed by atoms with van der Waals surface area (Å²) in [5.74, 6) is 0. The zero-order chi connectivity index (χ0) is 11.0. The standard InChI is InChI=1S/C8H17BO5/c1-13-6(5-11)7(12)8(9)14-4-2-3-10/h6-8,10-12H,2-5H2,1H3. The average molecular weight is 204 g/mol. The van der Waals surface area contributed by atoms with E-state index in [2.05, 4.69) is 0 Å². The molecule has 0 saturated carbocycles. The van der Waals surface area contributed by atoms with Gasteiger partial charge in [0.25, 0.3) is 0 Å². The third-order valence-electron chi connectivity index (χ3n) is 1.81. The van der Waals surface area contributed by atoms with E-state index in [-0.39, 0.29) is 19.8 Å². The van der Waals surface area contributed by atoms with Crippen LogP contribution in [0.3, 0.4) is 0 Å². The van der Waals surface area contributed by atoms with E-state index >= 15 is 0 Å². The Kier molecular flexibility index (Phi) is 8.12. The summed E-state index contributed by atoms with van der Waals surface area (Å²) in [7, 11) is 6.83. The molecule has 0 heterocycles. The first-order valence-corrected chi connectivity index (χ1v) is 4.47. The molecular formula is C8H17BO5. The first-order valence-electron chi connectivity index (χ1n) is 4.47. The van der Waals surface area contributed by atoms with Crippen LogP contribution in [-0.2, 0) is 9.47 Å². The van der Waals surface area contributed by atoms with Crippen LogP contribution in [0.15, 0.2) is 0 Å². The molecule has 0 aromatic rings. The van der Waals surface area contributed by atoms with Gasteiger partial charge in [-0.2, -0.15) is 0 Å². The van der Waals surface area contributed by atoms with Gasteiger partial charge in [0, 0.05) is 26.3 Å². The Morgan fingerprint density at radius 1 is 1.36 bits per heavy atom. The maximum absolute atomic E-state index is 9.48. The predicted octanol–water partition coefficient (Wildman–Crippen LogP) is -1.75. The Morgan fingerprint density at radius 2 is 2.00 bits per heavy atom. The second kappa shape index (κ2) is 8.20. The first-order chi connectivity index (χ1) is 6.67. The van der Waals surface area contributed by atoms with E-state index in [1.165, 1.54) is 7.11 Å². The van der Waals surface area contributed by atoms with E-state index in [0.29, 0.717) is 6.42 Å². The maximum atomic E-state index is 9.48. The molecule has 0 aliphatic rings. The number of aliphatic hydroxyl groups excluding tert-OH is 3. The van der Waals surface area contributed by atoms with Gasteiger partial charge in [-0.25, -0.2) is 0 Å². The smallest absolute Gasteiger partial charge is 0.112 e. The Labute approximate surface area is 85.1 Å². The fraction of sp³-hybridized carbons (Fsp3) is 1.00. The number of rotatable bonds is 8. The second-order valence-electron chi connectivity index (χ2n) is 2.86. The van der Waals surface area contributed by atoms with Crippen LogP contribution >= 0.6 is 0 Å². The fourth-order valence-electron chi connectivity index (χ4n) is 0.916. The van der Waals surface area contributed by atoms with E-state index in [0.717, 1.165) is 0 Å². The molecule has 0 spiro atoms. The largest absolute Gasteiger partial charge is 0.396 e. The lowest BCUT2D eigenvalue weighted by atomic mass is 9.91. The van der Waals surface area contributed by atoms with Gasteiger partial charge in [0.2, 0.25) is 0 Å². The average Bonchev–Trinajstić information content (AvgIpc) is 2.19. The zero-order valence-electron chi connectivity index (χ0n) is 8.30. The molecule has 0 saturated heterocycles. The monoisotopic (exact) mass is 204 g/mol. The van der Waals surface area contributed by atoms with Crippen molar-refractivity contribution in [3.05, 3.63) is 0 Å². The molecule has 0 aromatic heterocycles. The number of hydrogen-bond donors (Lipinski definition) is 3. The van der Waals surface area contributed by atoms with Crippen LogP contribution in [0, 0.1) is 0 Å². The van der Waals surface area contributed by atoms with E-state index in [1.54, 1.807) is 0 Å². The van der Waals surface area contributed by atoms with Crippen LogP contribution in [0.25, 0.3) is 0 Å². The van der Waals surface area contributed by atoms with E-state index in [9.17, 15) is 5.11 Å². The minimum Gasteiger partial charge on any atom is -0.396 e. The van der Waals surface area contributed by atoms with Crippen molar-refractivity contribution in [3.8, 4) is 0 Å². The first kappa shape index (κ1) is 13.9. The summed E-state index contributed by atoms with van der Waals surface area (Å²) < 4.78 is 9.78. The van der Waals surface area contributed by atoms with Crippen molar-refractivity contribution in [2.24, 2.45) is 0 Å². The minimum absolute atomic E-state index is 0.0104. The molecule has 14 heavy (non-hydrogen) atoms. The number of hydrogen-bond acceptors (Lipinski definition) is 5. The Balaban J connectivity index is 3.78. The molecule has 0 amide bonds. The van der Waals surface area contributed by atoms with Crippen LogP contribution in [0.5, 0.6) is 0 Å². The summed E-state index contributed by atoms with van der Waals surface area (Å²) >= 11 is 0. The third kappa shape index (κ3) is 4.92. The lowest BCUT2D eigenvalue weighted by Crippen LogP contribution is -2.42. The summed E-state index contributed by atoms with van der Waals surface area (Å²) in [6.45, 7) is -0.0537. The molecule has 82 valence electrons. The normalized spacial score (nSPS) is 17.7. The summed E-state index contributed by atoms with van der Waals surface area (Å²) in [5.41, 5.74) is 0. The molecule has 3 atom stereocenters. The molecule has 5 nitrogen and oxygen atoms in total. The summed E-state index contributed by atoms with van der Waals surface area (Å²) in [4.78, 5) is 0. The van der Waals surface area contributed by atoms with Crippen molar-refractivity contribution in [2.45, 2.75) is 24.6 Å². The molecule has 6 heteroatoms. The number of methoxy groups -OCH3 is 1. The summed E-state index contributed by atoms with van der Waals surface area (Å²) in [6.07, 6.45) is -1.38. The molecule has 0 rings (SSSR count). The van der Waals surface area contributed by atoms with Crippen molar-refractivity contribution in [3.63, 3.8) is 0 Å². The van der Waals surface area contributed by atoms with Gasteiger partial charge >= 0.3 is 0 Å². The van der Waals surface area contributed by atoms with Crippen LogP contribution in [-0.4, -0.2) is 68.3 Å². The molecular weight excluding hydrogens is 187 g/mol. The Morgan fingerprint density at radius 3 is 2.43 bits per heavy atom. The molecule has 0 bridgehead atoms. The lowest BCUT2D eigenvalue weighted by molar-refractivity contribution is -0.0892. The quantitative estimate of drug-likeness (QED) is 0.322. The Bertz CT molecular complexity index is 131. The van der Waals surface area contributed by atoms with Gasteiger partial charge in [0.15, 0.2) is 0 Å². The molecule has 0 aromatic carbocycles. The van der Waals surface area contributed by atoms with Crippen molar-refractivity contribution in [1.82, 2.24) is 0 Å². The van der Waals surface area contributed by atoms with E-state index in [1.807, 2.05) is 0 Å². The number of aliphatic hydroxyl groups is 3. The van der Waals surface area contributed by atoms with Gasteiger partial charge < -0.3 is 24.8 Å². The van der Waals surface area contributed by atoms with Gasteiger partial charge in [-0.05, 0) is 6.42 Å². The maximum Gasteiger partial charge on any atom is 0.112 e. The SMILES string of the molecule is [B]C(OCCCO)C(O)C(CO)OC. The highest BCUT2D eigenvalue weighted by molar-refractivity contribution is 6.11. The van der Waals surface area contributed by atoms with Crippen LogP contribution in [0.1, 0.15) is 6.42 Å². The van der Waals surface area contributed by atoms with Gasteiger partial charge in [-0.15, -0.1) is 0 Å². The molecule has 0 aliphatic carbocycles. The van der Waals surface area contributed by atoms with Gasteiger partial charge in [0.1, 0.15) is 14.0 Å². The molecule has 2 radical (unpaired) electrons. The predicted molar refractivity (Wildman–Crippen MR) is 51.1 cm³/mol. The minimum atomic E-state index is -1.08. The third-order valence-corrected chi connectivity index (χ3v) is 1.81. The highest BCUT2D eigenvalue weighted by atomic mass is 16.5. The van der Waals surface area contributed by atoms with Crippen molar-refractivity contribution in [2.75, 3.05) is 26.9 Å². The van der Waals surface area contributed by atoms with Crippen LogP contribution in [0.2, 0.25) is 0 Å². The molecule has 0 aliphatic heterocycles. The van der Waals surface area contributed by atoms with Crippen molar-refractivity contribution < 1.29 is 24.8 Å². The van der Waals surface area contributed by atoms with Crippen molar-refractivity contribution >= 4 is 7.85 Å². The van der Waals surface area contributed by atoms with Gasteiger partial charge in [-0.1, -0.05) is 0 Å². The van der Waals surface area contributed by atoms with Crippen LogP contribution < -0.4 is 0 Å². The summed E-state index contributed by atoms with van der Waals surface area (Å²) in [6, 6.07) is -0.918. The zero-order valence-corrected chi connectivity index (χ0v) is 8.30. The fourth-order valence-corrected chi connectivity index (χ4v) is 0.916. The highest BCUT2D eigenvalue weighted by Crippen LogP contribution is 2.04. The Hall–Kier alpha value is -0.135. The topological polar surface area (TPSA) is 79.2 Å². The molecule has 3 N–H and O–H groups in total. The van der Waals surface area contributed by atoms with Gasteiger partial charge in [-0.3, -0.25) is 0 Å². The molecule has 3 unspecified atom stereocenters. The lowest BCUT2D eigenvalue weighted by Gasteiger charge is -2.25. The molecule has 0 fully saturated rings. The number of ether oxygens (including phenoxy) is 2. The second-order valence-corrected chi connectivity index (χ2v) is 2.86. The van der Waals surface area contributed by atoms with Crippen LogP contribution in [0.4, 0.5) is 0 Å². The van der Waals surface area contributed by atoms with Crippen molar-refractivity contribution in [1.29, 1.82) is 0 Å².